The Morgan fingerprint density at radius 3 is 2.07 bits per heavy atom. The molecule has 0 aliphatic rings. The van der Waals surface area contributed by atoms with Crippen molar-refractivity contribution in [3.8, 4) is 0 Å². The molecule has 0 unspecified atom stereocenters. The van der Waals surface area contributed by atoms with Crippen molar-refractivity contribution in [2.24, 2.45) is 0 Å². The smallest absolute Gasteiger partial charge is 0.245 e. The first-order chi connectivity index (χ1) is 12.8. The predicted octanol–water partition coefficient (Wildman–Crippen LogP) is 4.50. The van der Waals surface area contributed by atoms with Crippen molar-refractivity contribution in [1.82, 2.24) is 4.98 Å². The predicted molar refractivity (Wildman–Crippen MR) is 95.5 cm³/mol. The number of hydrogen-bond acceptors (Lipinski definition) is 3. The number of anilines is 1. The van der Waals surface area contributed by atoms with Crippen molar-refractivity contribution in [1.29, 1.82) is 0 Å². The molecule has 0 bridgehead atoms. The van der Waals surface area contributed by atoms with Gasteiger partial charge in [-0.1, -0.05) is 48.5 Å². The molecule has 0 radical (unpaired) electrons. The van der Waals surface area contributed by atoms with Crippen LogP contribution in [0.2, 0.25) is 0 Å². The maximum absolute atomic E-state index is 13.1. The maximum atomic E-state index is 13.1. The minimum atomic E-state index is -4.60. The molecule has 0 amide bonds. The number of benzene rings is 2. The van der Waals surface area contributed by atoms with Crippen LogP contribution >= 0.6 is 0 Å². The van der Waals surface area contributed by atoms with E-state index < -0.39 is 21.8 Å². The lowest BCUT2D eigenvalue weighted by molar-refractivity contribution is -0.137. The summed E-state index contributed by atoms with van der Waals surface area (Å²) in [6.45, 7) is -0.146. The zero-order valence-corrected chi connectivity index (χ0v) is 14.8. The van der Waals surface area contributed by atoms with Crippen LogP contribution < -0.4 is 4.31 Å². The molecule has 27 heavy (non-hydrogen) atoms. The molecule has 0 aliphatic heterocycles. The number of rotatable bonds is 5. The van der Waals surface area contributed by atoms with E-state index in [-0.39, 0.29) is 17.3 Å². The minimum Gasteiger partial charge on any atom is -0.245 e. The van der Waals surface area contributed by atoms with Crippen LogP contribution in [0.25, 0.3) is 0 Å². The lowest BCUT2D eigenvalue weighted by atomic mass is 10.2. The molecular formula is C19H15F3N2O2S. The van der Waals surface area contributed by atoms with Gasteiger partial charge in [0.25, 0.3) is 10.0 Å². The van der Waals surface area contributed by atoms with Gasteiger partial charge < -0.3 is 0 Å². The molecule has 3 aromatic rings. The Bertz CT molecular complexity index is 1010. The van der Waals surface area contributed by atoms with Gasteiger partial charge in [-0.05, 0) is 29.8 Å². The van der Waals surface area contributed by atoms with E-state index in [1.54, 1.807) is 48.5 Å². The summed E-state index contributed by atoms with van der Waals surface area (Å²) in [5.41, 5.74) is -0.343. The lowest BCUT2D eigenvalue weighted by Gasteiger charge is -2.24. The molecule has 0 atom stereocenters. The van der Waals surface area contributed by atoms with Gasteiger partial charge in [0.1, 0.15) is 5.82 Å². The average Bonchev–Trinajstić information content (AvgIpc) is 2.67. The topological polar surface area (TPSA) is 50.3 Å². The summed E-state index contributed by atoms with van der Waals surface area (Å²) in [6.07, 6.45) is -3.65. The van der Waals surface area contributed by atoms with Crippen LogP contribution in [0.4, 0.5) is 19.0 Å². The summed E-state index contributed by atoms with van der Waals surface area (Å²) in [4.78, 5) is 3.86. The van der Waals surface area contributed by atoms with Crippen molar-refractivity contribution in [2.45, 2.75) is 17.6 Å². The van der Waals surface area contributed by atoms with E-state index in [9.17, 15) is 21.6 Å². The molecule has 0 aliphatic carbocycles. The van der Waals surface area contributed by atoms with Crippen LogP contribution in [0, 0.1) is 0 Å². The minimum absolute atomic E-state index is 0.0276. The molecule has 8 heteroatoms. The van der Waals surface area contributed by atoms with Crippen molar-refractivity contribution < 1.29 is 21.6 Å². The SMILES string of the molecule is O=S(=O)(c1ccccc1)N(Cc1ccccc1)c1cc(C(F)(F)F)ccn1. The average molecular weight is 392 g/mol. The maximum Gasteiger partial charge on any atom is 0.416 e. The number of hydrogen-bond donors (Lipinski definition) is 0. The Kier molecular flexibility index (Phi) is 5.18. The monoisotopic (exact) mass is 392 g/mol. The number of aromatic nitrogens is 1. The van der Waals surface area contributed by atoms with Gasteiger partial charge >= 0.3 is 6.18 Å². The highest BCUT2D eigenvalue weighted by Gasteiger charge is 2.33. The van der Waals surface area contributed by atoms with Gasteiger partial charge in [-0.2, -0.15) is 13.2 Å². The van der Waals surface area contributed by atoms with Crippen LogP contribution in [0.5, 0.6) is 0 Å². The molecule has 0 spiro atoms. The first-order valence-corrected chi connectivity index (χ1v) is 9.37. The molecule has 1 aromatic heterocycles. The second-order valence-electron chi connectivity index (χ2n) is 5.71. The first kappa shape index (κ1) is 18.9. The summed E-state index contributed by atoms with van der Waals surface area (Å²) >= 11 is 0. The Morgan fingerprint density at radius 2 is 1.48 bits per heavy atom. The fourth-order valence-corrected chi connectivity index (χ4v) is 3.91. The van der Waals surface area contributed by atoms with Gasteiger partial charge in [0.2, 0.25) is 0 Å². The van der Waals surface area contributed by atoms with Crippen molar-refractivity contribution in [2.75, 3.05) is 4.31 Å². The van der Waals surface area contributed by atoms with Crippen molar-refractivity contribution in [3.05, 3.63) is 90.1 Å². The Hall–Kier alpha value is -2.87. The third kappa shape index (κ3) is 4.28. The Balaban J connectivity index is 2.11. The zero-order chi connectivity index (χ0) is 19.5. The third-order valence-electron chi connectivity index (χ3n) is 3.83. The van der Waals surface area contributed by atoms with Gasteiger partial charge in [-0.15, -0.1) is 0 Å². The van der Waals surface area contributed by atoms with Gasteiger partial charge in [0.05, 0.1) is 17.0 Å². The van der Waals surface area contributed by atoms with Crippen molar-refractivity contribution in [3.63, 3.8) is 0 Å². The summed E-state index contributed by atoms with van der Waals surface area (Å²) in [5.74, 6) is -0.294. The first-order valence-electron chi connectivity index (χ1n) is 7.93. The standard InChI is InChI=1S/C19H15F3N2O2S/c20-19(21,22)16-11-12-23-18(13-16)24(14-15-7-3-1-4-8-15)27(25,26)17-9-5-2-6-10-17/h1-13H,14H2. The fraction of sp³-hybridized carbons (Fsp3) is 0.105. The number of halogens is 3. The summed E-state index contributed by atoms with van der Waals surface area (Å²) in [6, 6.07) is 17.7. The fourth-order valence-electron chi connectivity index (χ4n) is 2.49. The van der Waals surface area contributed by atoms with E-state index >= 15 is 0 Å². The molecule has 0 saturated carbocycles. The molecule has 0 N–H and O–H groups in total. The molecule has 2 aromatic carbocycles. The molecule has 140 valence electrons. The van der Waals surface area contributed by atoms with Gasteiger partial charge in [0.15, 0.2) is 0 Å². The molecule has 3 rings (SSSR count). The van der Waals surface area contributed by atoms with E-state index in [4.69, 9.17) is 0 Å². The van der Waals surface area contributed by atoms with E-state index in [1.807, 2.05) is 0 Å². The second kappa shape index (κ2) is 7.40. The lowest BCUT2D eigenvalue weighted by Crippen LogP contribution is -2.31. The Labute approximate surface area is 155 Å². The molecule has 0 fully saturated rings. The van der Waals surface area contributed by atoms with E-state index in [0.717, 1.165) is 22.6 Å². The zero-order valence-electron chi connectivity index (χ0n) is 14.0. The summed E-state index contributed by atoms with van der Waals surface area (Å²) < 4.78 is 66.3. The highest BCUT2D eigenvalue weighted by Crippen LogP contribution is 2.32. The number of pyridine rings is 1. The van der Waals surface area contributed by atoms with E-state index in [1.165, 1.54) is 12.1 Å². The largest absolute Gasteiger partial charge is 0.416 e. The van der Waals surface area contributed by atoms with Gasteiger partial charge in [0, 0.05) is 6.20 Å². The number of nitrogens with zero attached hydrogens (tertiary/aromatic N) is 2. The van der Waals surface area contributed by atoms with Crippen molar-refractivity contribution >= 4 is 15.8 Å². The quantitative estimate of drug-likeness (QED) is 0.643. The van der Waals surface area contributed by atoms with Gasteiger partial charge in [-0.3, -0.25) is 0 Å². The molecule has 4 nitrogen and oxygen atoms in total. The van der Waals surface area contributed by atoms with Crippen LogP contribution in [0.1, 0.15) is 11.1 Å². The van der Waals surface area contributed by atoms with E-state index in [2.05, 4.69) is 4.98 Å². The normalized spacial score (nSPS) is 12.0. The molecule has 0 saturated heterocycles. The summed E-state index contributed by atoms with van der Waals surface area (Å²) in [7, 11) is -4.11. The number of sulfonamides is 1. The second-order valence-corrected chi connectivity index (χ2v) is 7.57. The summed E-state index contributed by atoms with van der Waals surface area (Å²) in [5, 5.41) is 0. The van der Waals surface area contributed by atoms with Crippen LogP contribution in [-0.4, -0.2) is 13.4 Å². The van der Waals surface area contributed by atoms with Crippen LogP contribution in [0.3, 0.4) is 0 Å². The van der Waals surface area contributed by atoms with E-state index in [0.29, 0.717) is 5.56 Å². The molecular weight excluding hydrogens is 377 g/mol. The highest BCUT2D eigenvalue weighted by atomic mass is 32.2. The molecule has 1 heterocycles. The van der Waals surface area contributed by atoms with Crippen LogP contribution in [-0.2, 0) is 22.7 Å². The third-order valence-corrected chi connectivity index (χ3v) is 5.59. The highest BCUT2D eigenvalue weighted by molar-refractivity contribution is 7.92. The number of alkyl halides is 3. The Morgan fingerprint density at radius 1 is 0.889 bits per heavy atom. The van der Waals surface area contributed by atoms with Gasteiger partial charge in [-0.25, -0.2) is 17.7 Å². The van der Waals surface area contributed by atoms with Crippen LogP contribution in [0.15, 0.2) is 83.9 Å².